The molecular formula is C6H9N3O3. The zero-order valence-corrected chi connectivity index (χ0v) is 6.64. The van der Waals surface area contributed by atoms with Crippen LogP contribution in [-0.4, -0.2) is 21.3 Å². The minimum atomic E-state index is -0.491. The summed E-state index contributed by atoms with van der Waals surface area (Å²) in [5.41, 5.74) is -0.0188. The molecule has 0 bridgehead atoms. The highest BCUT2D eigenvalue weighted by molar-refractivity contribution is 5.20. The first-order chi connectivity index (χ1) is 5.74. The summed E-state index contributed by atoms with van der Waals surface area (Å²) in [6.07, 6.45) is 2.52. The molecule has 0 saturated heterocycles. The van der Waals surface area contributed by atoms with Crippen molar-refractivity contribution in [2.75, 3.05) is 6.61 Å². The van der Waals surface area contributed by atoms with E-state index in [1.54, 1.807) is 0 Å². The molecule has 0 atom stereocenters. The number of nitro groups is 1. The van der Waals surface area contributed by atoms with Gasteiger partial charge in [0.25, 0.3) is 0 Å². The molecule has 1 rings (SSSR count). The van der Waals surface area contributed by atoms with Crippen molar-refractivity contribution in [3.05, 3.63) is 22.5 Å². The first kappa shape index (κ1) is 8.66. The summed E-state index contributed by atoms with van der Waals surface area (Å²) >= 11 is 0. The number of nitrogens with zero attached hydrogens (tertiary/aromatic N) is 3. The summed E-state index contributed by atoms with van der Waals surface area (Å²) in [7, 11) is 0. The minimum absolute atomic E-state index is 0.0188. The Balaban J connectivity index is 2.58. The van der Waals surface area contributed by atoms with E-state index in [-0.39, 0.29) is 12.4 Å². The van der Waals surface area contributed by atoms with Crippen molar-refractivity contribution in [3.8, 4) is 0 Å². The topological polar surface area (TPSA) is 70.2 Å². The van der Waals surface area contributed by atoms with E-state index in [2.05, 4.69) is 5.10 Å². The highest BCUT2D eigenvalue weighted by atomic mass is 16.6. The van der Waals surface area contributed by atoms with Gasteiger partial charge in [-0.3, -0.25) is 10.1 Å². The Morgan fingerprint density at radius 2 is 2.58 bits per heavy atom. The fourth-order valence-corrected chi connectivity index (χ4v) is 0.702. The third-order valence-electron chi connectivity index (χ3n) is 1.26. The molecule has 1 aromatic heterocycles. The van der Waals surface area contributed by atoms with Gasteiger partial charge >= 0.3 is 5.69 Å². The molecule has 0 aliphatic rings. The molecule has 1 aromatic rings. The Hall–Kier alpha value is -1.43. The van der Waals surface area contributed by atoms with Crippen LogP contribution in [0.25, 0.3) is 0 Å². The Morgan fingerprint density at radius 3 is 3.08 bits per heavy atom. The number of hydrogen-bond acceptors (Lipinski definition) is 4. The van der Waals surface area contributed by atoms with Gasteiger partial charge in [0.15, 0.2) is 0 Å². The van der Waals surface area contributed by atoms with Gasteiger partial charge in [-0.1, -0.05) is 0 Å². The summed E-state index contributed by atoms with van der Waals surface area (Å²) in [6.45, 7) is 2.66. The molecule has 0 fully saturated rings. The molecule has 0 saturated carbocycles. The number of rotatable bonds is 4. The monoisotopic (exact) mass is 171 g/mol. The lowest BCUT2D eigenvalue weighted by molar-refractivity contribution is -0.385. The van der Waals surface area contributed by atoms with E-state index in [0.29, 0.717) is 6.61 Å². The maximum Gasteiger partial charge on any atom is 0.307 e. The van der Waals surface area contributed by atoms with Gasteiger partial charge in [-0.25, -0.2) is 4.68 Å². The average molecular weight is 171 g/mol. The largest absolute Gasteiger partial charge is 0.360 e. The number of aromatic nitrogens is 2. The van der Waals surface area contributed by atoms with Gasteiger partial charge in [-0.15, -0.1) is 0 Å². The fraction of sp³-hybridized carbons (Fsp3) is 0.500. The molecule has 0 spiro atoms. The third kappa shape index (κ3) is 2.03. The second kappa shape index (κ2) is 3.82. The van der Waals surface area contributed by atoms with Gasteiger partial charge in [0.05, 0.1) is 4.92 Å². The maximum absolute atomic E-state index is 10.2. The zero-order chi connectivity index (χ0) is 8.97. The van der Waals surface area contributed by atoms with E-state index in [1.807, 2.05) is 6.92 Å². The standard InChI is InChI=1S/C6H9N3O3/c1-2-12-5-8-4-6(3-7-8)9(10)11/h3-4H,2,5H2,1H3. The van der Waals surface area contributed by atoms with E-state index >= 15 is 0 Å². The van der Waals surface area contributed by atoms with Crippen LogP contribution in [0.3, 0.4) is 0 Å². The quantitative estimate of drug-likeness (QED) is 0.496. The fourth-order valence-electron chi connectivity index (χ4n) is 0.702. The van der Waals surface area contributed by atoms with Crippen molar-refractivity contribution < 1.29 is 9.66 Å². The van der Waals surface area contributed by atoms with Crippen LogP contribution in [0, 0.1) is 10.1 Å². The summed E-state index contributed by atoms with van der Waals surface area (Å²) in [5.74, 6) is 0. The van der Waals surface area contributed by atoms with Crippen LogP contribution in [0.1, 0.15) is 6.92 Å². The van der Waals surface area contributed by atoms with Crippen LogP contribution in [-0.2, 0) is 11.5 Å². The van der Waals surface area contributed by atoms with Gasteiger partial charge in [0, 0.05) is 6.61 Å². The molecule has 0 unspecified atom stereocenters. The molecule has 66 valence electrons. The molecule has 6 nitrogen and oxygen atoms in total. The molecule has 0 N–H and O–H groups in total. The molecule has 6 heteroatoms. The van der Waals surface area contributed by atoms with Crippen LogP contribution < -0.4 is 0 Å². The van der Waals surface area contributed by atoms with Crippen LogP contribution in [0.4, 0.5) is 5.69 Å². The lowest BCUT2D eigenvalue weighted by Crippen LogP contribution is -2.01. The van der Waals surface area contributed by atoms with Crippen LogP contribution in [0.5, 0.6) is 0 Å². The van der Waals surface area contributed by atoms with Gasteiger partial charge in [-0.2, -0.15) is 5.10 Å². The van der Waals surface area contributed by atoms with Gasteiger partial charge in [0.1, 0.15) is 19.1 Å². The van der Waals surface area contributed by atoms with Crippen molar-refractivity contribution in [2.45, 2.75) is 13.7 Å². The molecule has 0 aliphatic heterocycles. The Morgan fingerprint density at radius 1 is 1.83 bits per heavy atom. The highest BCUT2D eigenvalue weighted by Crippen LogP contribution is 2.07. The maximum atomic E-state index is 10.2. The van der Waals surface area contributed by atoms with Crippen molar-refractivity contribution in [1.82, 2.24) is 9.78 Å². The first-order valence-electron chi connectivity index (χ1n) is 3.48. The minimum Gasteiger partial charge on any atom is -0.360 e. The van der Waals surface area contributed by atoms with E-state index < -0.39 is 4.92 Å². The van der Waals surface area contributed by atoms with Crippen LogP contribution >= 0.6 is 0 Å². The molecule has 0 aliphatic carbocycles. The summed E-state index contributed by atoms with van der Waals surface area (Å²) in [5, 5.41) is 13.9. The lowest BCUT2D eigenvalue weighted by Gasteiger charge is -1.98. The van der Waals surface area contributed by atoms with E-state index in [0.717, 1.165) is 0 Å². The summed E-state index contributed by atoms with van der Waals surface area (Å²) in [6, 6.07) is 0. The van der Waals surface area contributed by atoms with E-state index in [1.165, 1.54) is 17.1 Å². The van der Waals surface area contributed by atoms with Gasteiger partial charge in [0.2, 0.25) is 0 Å². The predicted octanol–water partition coefficient (Wildman–Crippen LogP) is 0.785. The van der Waals surface area contributed by atoms with Gasteiger partial charge in [-0.05, 0) is 6.92 Å². The van der Waals surface area contributed by atoms with E-state index in [9.17, 15) is 10.1 Å². The third-order valence-corrected chi connectivity index (χ3v) is 1.26. The van der Waals surface area contributed by atoms with Crippen molar-refractivity contribution in [2.24, 2.45) is 0 Å². The molecule has 12 heavy (non-hydrogen) atoms. The Kier molecular flexibility index (Phi) is 2.76. The smallest absolute Gasteiger partial charge is 0.307 e. The average Bonchev–Trinajstić information content (AvgIpc) is 2.48. The summed E-state index contributed by atoms with van der Waals surface area (Å²) in [4.78, 5) is 9.71. The number of ether oxygens (including phenoxy) is 1. The molecule has 0 radical (unpaired) electrons. The van der Waals surface area contributed by atoms with Crippen LogP contribution in [0.2, 0.25) is 0 Å². The van der Waals surface area contributed by atoms with Gasteiger partial charge < -0.3 is 4.74 Å². The molecule has 0 aromatic carbocycles. The number of hydrogen-bond donors (Lipinski definition) is 0. The van der Waals surface area contributed by atoms with Crippen LogP contribution in [0.15, 0.2) is 12.4 Å². The zero-order valence-electron chi connectivity index (χ0n) is 6.64. The molecule has 0 amide bonds. The highest BCUT2D eigenvalue weighted by Gasteiger charge is 2.07. The van der Waals surface area contributed by atoms with Crippen molar-refractivity contribution in [3.63, 3.8) is 0 Å². The Labute approximate surface area is 68.9 Å². The van der Waals surface area contributed by atoms with Crippen molar-refractivity contribution in [1.29, 1.82) is 0 Å². The van der Waals surface area contributed by atoms with Crippen molar-refractivity contribution >= 4 is 5.69 Å². The summed E-state index contributed by atoms with van der Waals surface area (Å²) < 4.78 is 6.37. The normalized spacial score (nSPS) is 10.1. The first-order valence-corrected chi connectivity index (χ1v) is 3.48. The Bertz CT molecular complexity index is 271. The SMILES string of the molecule is CCOCn1cc([N+](=O)[O-])cn1. The molecule has 1 heterocycles. The van der Waals surface area contributed by atoms with E-state index in [4.69, 9.17) is 4.74 Å². The second-order valence-corrected chi connectivity index (χ2v) is 2.12. The molecular weight excluding hydrogens is 162 g/mol. The lowest BCUT2D eigenvalue weighted by atomic mass is 10.6. The second-order valence-electron chi connectivity index (χ2n) is 2.12. The predicted molar refractivity (Wildman–Crippen MR) is 40.5 cm³/mol.